The highest BCUT2D eigenvalue weighted by molar-refractivity contribution is 5.85. The Bertz CT molecular complexity index is 462. The molecule has 108 valence electrons. The molecule has 0 aliphatic heterocycles. The van der Waals surface area contributed by atoms with Crippen molar-refractivity contribution < 1.29 is 0 Å². The van der Waals surface area contributed by atoms with Gasteiger partial charge in [-0.3, -0.25) is 9.88 Å². The van der Waals surface area contributed by atoms with Gasteiger partial charge in [0.1, 0.15) is 0 Å². The first-order chi connectivity index (χ1) is 9.38. The Morgan fingerprint density at radius 3 is 2.35 bits per heavy atom. The molecule has 3 nitrogen and oxygen atoms in total. The van der Waals surface area contributed by atoms with Crippen molar-refractivity contribution in [2.75, 3.05) is 19.6 Å². The van der Waals surface area contributed by atoms with Crippen LogP contribution in [0.5, 0.6) is 0 Å². The van der Waals surface area contributed by atoms with Crippen molar-refractivity contribution in [2.45, 2.75) is 13.0 Å². The Balaban J connectivity index is 0.00000200. The molecule has 2 N–H and O–H groups in total. The fourth-order valence-corrected chi connectivity index (χ4v) is 2.11. The summed E-state index contributed by atoms with van der Waals surface area (Å²) in [4.78, 5) is 6.73. The highest BCUT2D eigenvalue weighted by Crippen LogP contribution is 2.05. The van der Waals surface area contributed by atoms with Gasteiger partial charge in [0.05, 0.1) is 5.69 Å². The Labute approximate surface area is 127 Å². The molecule has 0 bridgehead atoms. The molecule has 0 fully saturated rings. The lowest BCUT2D eigenvalue weighted by atomic mass is 10.1. The highest BCUT2D eigenvalue weighted by atomic mass is 35.5. The van der Waals surface area contributed by atoms with Gasteiger partial charge in [-0.2, -0.15) is 0 Å². The van der Waals surface area contributed by atoms with E-state index in [1.54, 1.807) is 0 Å². The molecule has 4 heteroatoms. The lowest BCUT2D eigenvalue weighted by Gasteiger charge is -2.21. The third-order valence-electron chi connectivity index (χ3n) is 3.12. The fraction of sp³-hybridized carbons (Fsp3) is 0.312. The van der Waals surface area contributed by atoms with Crippen molar-refractivity contribution in [2.24, 2.45) is 5.73 Å². The first-order valence-electron chi connectivity index (χ1n) is 6.75. The predicted octanol–water partition coefficient (Wildman–Crippen LogP) is 2.51. The van der Waals surface area contributed by atoms with Crippen LogP contribution in [0.3, 0.4) is 0 Å². The van der Waals surface area contributed by atoms with Crippen molar-refractivity contribution in [1.29, 1.82) is 0 Å². The van der Waals surface area contributed by atoms with Crippen molar-refractivity contribution in [3.63, 3.8) is 0 Å². The number of pyridine rings is 1. The topological polar surface area (TPSA) is 42.1 Å². The van der Waals surface area contributed by atoms with Crippen LogP contribution >= 0.6 is 12.4 Å². The van der Waals surface area contributed by atoms with E-state index in [4.69, 9.17) is 5.73 Å². The van der Waals surface area contributed by atoms with Gasteiger partial charge >= 0.3 is 0 Å². The summed E-state index contributed by atoms with van der Waals surface area (Å²) in [7, 11) is 0. The van der Waals surface area contributed by atoms with Crippen LogP contribution in [0.4, 0.5) is 0 Å². The third kappa shape index (κ3) is 5.70. The first kappa shape index (κ1) is 16.6. The molecule has 2 rings (SSSR count). The molecule has 1 aromatic carbocycles. The van der Waals surface area contributed by atoms with Crippen molar-refractivity contribution >= 4 is 12.4 Å². The number of aromatic nitrogens is 1. The fourth-order valence-electron chi connectivity index (χ4n) is 2.11. The summed E-state index contributed by atoms with van der Waals surface area (Å²) >= 11 is 0. The van der Waals surface area contributed by atoms with Gasteiger partial charge in [-0.15, -0.1) is 12.4 Å². The molecule has 0 atom stereocenters. The van der Waals surface area contributed by atoms with Crippen LogP contribution in [-0.4, -0.2) is 29.5 Å². The van der Waals surface area contributed by atoms with E-state index in [9.17, 15) is 0 Å². The van der Waals surface area contributed by atoms with E-state index in [2.05, 4.69) is 46.3 Å². The van der Waals surface area contributed by atoms with E-state index in [0.29, 0.717) is 6.54 Å². The van der Waals surface area contributed by atoms with Gasteiger partial charge in [-0.1, -0.05) is 36.4 Å². The SMILES string of the molecule is Cl.NCCN(CCc1ccccc1)Cc1ccccn1. The van der Waals surface area contributed by atoms with Crippen molar-refractivity contribution in [1.82, 2.24) is 9.88 Å². The lowest BCUT2D eigenvalue weighted by molar-refractivity contribution is 0.273. The molecule has 0 saturated heterocycles. The zero-order valence-electron chi connectivity index (χ0n) is 11.6. The van der Waals surface area contributed by atoms with E-state index in [0.717, 1.165) is 31.7 Å². The summed E-state index contributed by atoms with van der Waals surface area (Å²) in [6.45, 7) is 3.47. The molecule has 2 aromatic rings. The summed E-state index contributed by atoms with van der Waals surface area (Å²) in [6, 6.07) is 16.6. The molecule has 0 aliphatic carbocycles. The number of nitrogens with zero attached hydrogens (tertiary/aromatic N) is 2. The molecule has 0 amide bonds. The number of hydrogen-bond acceptors (Lipinski definition) is 3. The summed E-state index contributed by atoms with van der Waals surface area (Å²) in [5.41, 5.74) is 8.16. The van der Waals surface area contributed by atoms with E-state index in [1.807, 2.05) is 18.3 Å². The quantitative estimate of drug-likeness (QED) is 0.852. The molecule has 0 aliphatic rings. The van der Waals surface area contributed by atoms with E-state index in [-0.39, 0.29) is 12.4 Å². The number of halogens is 1. The smallest absolute Gasteiger partial charge is 0.0543 e. The van der Waals surface area contributed by atoms with E-state index in [1.165, 1.54) is 5.56 Å². The third-order valence-corrected chi connectivity index (χ3v) is 3.12. The van der Waals surface area contributed by atoms with E-state index >= 15 is 0 Å². The Morgan fingerprint density at radius 1 is 0.950 bits per heavy atom. The van der Waals surface area contributed by atoms with Gasteiger partial charge < -0.3 is 5.73 Å². The molecule has 0 saturated carbocycles. The minimum absolute atomic E-state index is 0. The molecule has 1 heterocycles. The predicted molar refractivity (Wildman–Crippen MR) is 86.0 cm³/mol. The van der Waals surface area contributed by atoms with E-state index < -0.39 is 0 Å². The molecule has 0 radical (unpaired) electrons. The highest BCUT2D eigenvalue weighted by Gasteiger charge is 2.06. The molecular formula is C16H22ClN3. The number of rotatable bonds is 7. The van der Waals surface area contributed by atoms with Gasteiger partial charge in [0.25, 0.3) is 0 Å². The summed E-state index contributed by atoms with van der Waals surface area (Å²) in [5, 5.41) is 0. The molecule has 0 spiro atoms. The van der Waals surface area contributed by atoms with Gasteiger partial charge in [-0.05, 0) is 24.1 Å². The first-order valence-corrected chi connectivity index (χ1v) is 6.75. The minimum Gasteiger partial charge on any atom is -0.329 e. The maximum Gasteiger partial charge on any atom is 0.0543 e. The second-order valence-corrected chi connectivity index (χ2v) is 4.62. The standard InChI is InChI=1S/C16H21N3.ClH/c17-10-13-19(14-16-8-4-5-11-18-16)12-9-15-6-2-1-3-7-15;/h1-8,11H,9-10,12-14,17H2;1H. The van der Waals surface area contributed by atoms with Crippen LogP contribution in [-0.2, 0) is 13.0 Å². The van der Waals surface area contributed by atoms with Crippen molar-refractivity contribution in [3.8, 4) is 0 Å². The normalized spacial score (nSPS) is 10.3. The average molecular weight is 292 g/mol. The molecular weight excluding hydrogens is 270 g/mol. The summed E-state index contributed by atoms with van der Waals surface area (Å²) in [6.07, 6.45) is 2.89. The van der Waals surface area contributed by atoms with Gasteiger partial charge in [0.2, 0.25) is 0 Å². The number of hydrogen-bond donors (Lipinski definition) is 1. The Hall–Kier alpha value is -1.42. The average Bonchev–Trinajstić information content (AvgIpc) is 2.47. The Morgan fingerprint density at radius 2 is 1.70 bits per heavy atom. The summed E-state index contributed by atoms with van der Waals surface area (Å²) in [5.74, 6) is 0. The summed E-state index contributed by atoms with van der Waals surface area (Å²) < 4.78 is 0. The second kappa shape index (κ2) is 9.48. The maximum absolute atomic E-state index is 5.69. The second-order valence-electron chi connectivity index (χ2n) is 4.62. The maximum atomic E-state index is 5.69. The minimum atomic E-state index is 0. The number of nitrogens with two attached hydrogens (primary N) is 1. The van der Waals surface area contributed by atoms with Crippen LogP contribution in [0.2, 0.25) is 0 Å². The van der Waals surface area contributed by atoms with Crippen LogP contribution < -0.4 is 5.73 Å². The van der Waals surface area contributed by atoms with Crippen LogP contribution in [0.1, 0.15) is 11.3 Å². The molecule has 1 aromatic heterocycles. The van der Waals surface area contributed by atoms with Gasteiger partial charge in [0, 0.05) is 32.4 Å². The monoisotopic (exact) mass is 291 g/mol. The van der Waals surface area contributed by atoms with Gasteiger partial charge in [0.15, 0.2) is 0 Å². The largest absolute Gasteiger partial charge is 0.329 e. The van der Waals surface area contributed by atoms with Crippen LogP contribution in [0.25, 0.3) is 0 Å². The zero-order valence-corrected chi connectivity index (χ0v) is 12.4. The number of benzene rings is 1. The molecule has 20 heavy (non-hydrogen) atoms. The van der Waals surface area contributed by atoms with Crippen molar-refractivity contribution in [3.05, 3.63) is 66.0 Å². The van der Waals surface area contributed by atoms with Gasteiger partial charge in [-0.25, -0.2) is 0 Å². The zero-order chi connectivity index (χ0) is 13.3. The molecule has 0 unspecified atom stereocenters. The van der Waals surface area contributed by atoms with Crippen LogP contribution in [0.15, 0.2) is 54.7 Å². The van der Waals surface area contributed by atoms with Crippen LogP contribution in [0, 0.1) is 0 Å². The Kier molecular flexibility index (Phi) is 7.88. The lowest BCUT2D eigenvalue weighted by Crippen LogP contribution is -2.31.